The minimum absolute atomic E-state index is 0.557. The molecule has 0 saturated heterocycles. The monoisotopic (exact) mass is 167 g/mol. The molecule has 1 aromatic heterocycles. The molecule has 1 heterocycles. The quantitative estimate of drug-likeness (QED) is 0.499. The maximum atomic E-state index is 9.73. The molecule has 1 rings (SSSR count). The molecule has 1 aromatic rings. The van der Waals surface area contributed by atoms with E-state index in [1.807, 2.05) is 0 Å². The van der Waals surface area contributed by atoms with Crippen LogP contribution in [0, 0.1) is 6.92 Å². The number of aliphatic imine (C=N–C) groups is 1. The molecule has 0 spiro atoms. The minimum Gasteiger partial charge on any atom is -0.211 e. The smallest absolute Gasteiger partial charge is 0.211 e. The van der Waals surface area contributed by atoms with Gasteiger partial charge in [0.05, 0.1) is 6.54 Å². The van der Waals surface area contributed by atoms with E-state index in [-0.39, 0.29) is 0 Å². The van der Waals surface area contributed by atoms with Gasteiger partial charge in [-0.3, -0.25) is 0 Å². The van der Waals surface area contributed by atoms with Gasteiger partial charge in [-0.2, -0.15) is 11.3 Å². The van der Waals surface area contributed by atoms with Crippen LogP contribution in [0.5, 0.6) is 0 Å². The van der Waals surface area contributed by atoms with Crippen LogP contribution >= 0.6 is 11.3 Å². The molecule has 0 radical (unpaired) electrons. The van der Waals surface area contributed by atoms with E-state index in [1.165, 1.54) is 17.2 Å². The van der Waals surface area contributed by atoms with Gasteiger partial charge in [-0.1, -0.05) is 0 Å². The van der Waals surface area contributed by atoms with Crippen molar-refractivity contribution in [3.63, 3.8) is 0 Å². The summed E-state index contributed by atoms with van der Waals surface area (Å²) >= 11 is 1.68. The van der Waals surface area contributed by atoms with Crippen molar-refractivity contribution in [1.29, 1.82) is 0 Å². The summed E-state index contributed by atoms with van der Waals surface area (Å²) in [5, 5.41) is 4.19. The van der Waals surface area contributed by atoms with Gasteiger partial charge in [0.1, 0.15) is 0 Å². The molecule has 0 amide bonds. The van der Waals surface area contributed by atoms with Crippen LogP contribution in [0.1, 0.15) is 11.1 Å². The van der Waals surface area contributed by atoms with Gasteiger partial charge in [0.25, 0.3) is 0 Å². The lowest BCUT2D eigenvalue weighted by Gasteiger charge is -1.92. The summed E-state index contributed by atoms with van der Waals surface area (Å²) in [7, 11) is 0. The van der Waals surface area contributed by atoms with E-state index in [9.17, 15) is 4.79 Å². The first kappa shape index (κ1) is 8.18. The Balaban J connectivity index is 2.50. The number of thiophene rings is 1. The third-order valence-electron chi connectivity index (χ3n) is 1.52. The molecule has 0 unspecified atom stereocenters. The summed E-state index contributed by atoms with van der Waals surface area (Å²) in [6.07, 6.45) is 2.38. The maximum Gasteiger partial charge on any atom is 0.234 e. The third kappa shape index (κ3) is 2.30. The number of carbonyl (C=O) groups excluding carboxylic acids is 1. The summed E-state index contributed by atoms with van der Waals surface area (Å²) in [5.74, 6) is 0. The molecule has 0 aliphatic rings. The predicted octanol–water partition coefficient (Wildman–Crippen LogP) is 1.93. The summed E-state index contributed by atoms with van der Waals surface area (Å²) in [6.45, 7) is 2.62. The van der Waals surface area contributed by atoms with Crippen LogP contribution in [0.25, 0.3) is 0 Å². The molecule has 58 valence electrons. The SMILES string of the molecule is Cc1cscc1CCN=C=O. The van der Waals surface area contributed by atoms with Crippen molar-refractivity contribution in [2.45, 2.75) is 13.3 Å². The van der Waals surface area contributed by atoms with E-state index in [0.29, 0.717) is 6.54 Å². The van der Waals surface area contributed by atoms with Crippen molar-refractivity contribution in [3.8, 4) is 0 Å². The van der Waals surface area contributed by atoms with Crippen molar-refractivity contribution in [1.82, 2.24) is 0 Å². The molecule has 3 heteroatoms. The Bertz CT molecular complexity index is 273. The van der Waals surface area contributed by atoms with Crippen molar-refractivity contribution in [3.05, 3.63) is 21.9 Å². The number of rotatable bonds is 3. The average Bonchev–Trinajstić information content (AvgIpc) is 2.37. The molecule has 0 aromatic carbocycles. The number of nitrogens with zero attached hydrogens (tertiary/aromatic N) is 1. The topological polar surface area (TPSA) is 29.4 Å². The van der Waals surface area contributed by atoms with Gasteiger partial charge in [-0.15, -0.1) is 0 Å². The second-order valence-electron chi connectivity index (χ2n) is 2.30. The lowest BCUT2D eigenvalue weighted by Crippen LogP contribution is -1.88. The van der Waals surface area contributed by atoms with Gasteiger partial charge < -0.3 is 0 Å². The number of aryl methyl sites for hydroxylation is 1. The highest BCUT2D eigenvalue weighted by atomic mass is 32.1. The fourth-order valence-corrected chi connectivity index (χ4v) is 1.76. The van der Waals surface area contributed by atoms with Crippen LogP contribution in [-0.4, -0.2) is 12.6 Å². The molecule has 0 bridgehead atoms. The zero-order valence-corrected chi connectivity index (χ0v) is 7.15. The van der Waals surface area contributed by atoms with Gasteiger partial charge in [0.15, 0.2) is 0 Å². The normalized spacial score (nSPS) is 9.18. The van der Waals surface area contributed by atoms with Crippen LogP contribution in [0.3, 0.4) is 0 Å². The van der Waals surface area contributed by atoms with Crippen LogP contribution < -0.4 is 0 Å². The third-order valence-corrected chi connectivity index (χ3v) is 2.43. The van der Waals surface area contributed by atoms with E-state index in [4.69, 9.17) is 0 Å². The van der Waals surface area contributed by atoms with E-state index in [1.54, 1.807) is 11.3 Å². The lowest BCUT2D eigenvalue weighted by atomic mass is 10.2. The highest BCUT2D eigenvalue weighted by Gasteiger charge is 1.96. The van der Waals surface area contributed by atoms with Crippen LogP contribution in [0.15, 0.2) is 15.8 Å². The highest BCUT2D eigenvalue weighted by molar-refractivity contribution is 7.08. The van der Waals surface area contributed by atoms with Gasteiger partial charge >= 0.3 is 0 Å². The van der Waals surface area contributed by atoms with Crippen molar-refractivity contribution in [2.75, 3.05) is 6.54 Å². The minimum atomic E-state index is 0.557. The lowest BCUT2D eigenvalue weighted by molar-refractivity contribution is 0.563. The number of hydrogen-bond acceptors (Lipinski definition) is 3. The second-order valence-corrected chi connectivity index (χ2v) is 3.05. The molecule has 0 atom stereocenters. The summed E-state index contributed by atoms with van der Waals surface area (Å²) in [4.78, 5) is 13.2. The van der Waals surface area contributed by atoms with E-state index in [0.717, 1.165) is 6.42 Å². The first-order valence-corrected chi connectivity index (χ1v) is 4.34. The molecule has 0 N–H and O–H groups in total. The Labute approximate surface area is 69.6 Å². The first-order chi connectivity index (χ1) is 5.34. The van der Waals surface area contributed by atoms with E-state index in [2.05, 4.69) is 22.7 Å². The molecule has 2 nitrogen and oxygen atoms in total. The zero-order valence-electron chi connectivity index (χ0n) is 6.33. The molecule has 0 saturated carbocycles. The summed E-state index contributed by atoms with van der Waals surface area (Å²) < 4.78 is 0. The van der Waals surface area contributed by atoms with Crippen molar-refractivity contribution >= 4 is 17.4 Å². The maximum absolute atomic E-state index is 9.73. The van der Waals surface area contributed by atoms with Crippen LogP contribution in [-0.2, 0) is 11.2 Å². The Kier molecular flexibility index (Phi) is 3.02. The molecule has 0 aliphatic heterocycles. The summed E-state index contributed by atoms with van der Waals surface area (Å²) in [5.41, 5.74) is 2.57. The Hall–Kier alpha value is -0.920. The number of isocyanates is 1. The molecular formula is C8H9NOS. The highest BCUT2D eigenvalue weighted by Crippen LogP contribution is 2.13. The fourth-order valence-electron chi connectivity index (χ4n) is 0.865. The largest absolute Gasteiger partial charge is 0.234 e. The Morgan fingerprint density at radius 2 is 2.45 bits per heavy atom. The fraction of sp³-hybridized carbons (Fsp3) is 0.375. The van der Waals surface area contributed by atoms with Crippen molar-refractivity contribution < 1.29 is 4.79 Å². The van der Waals surface area contributed by atoms with Crippen molar-refractivity contribution in [2.24, 2.45) is 4.99 Å². The van der Waals surface area contributed by atoms with Gasteiger partial charge in [-0.05, 0) is 35.2 Å². The first-order valence-electron chi connectivity index (χ1n) is 3.40. The molecule has 11 heavy (non-hydrogen) atoms. The van der Waals surface area contributed by atoms with E-state index >= 15 is 0 Å². The Morgan fingerprint density at radius 3 is 3.00 bits per heavy atom. The standard InChI is InChI=1S/C8H9NOS/c1-7-4-11-5-8(7)2-3-9-6-10/h4-5H,2-3H2,1H3. The molecule has 0 fully saturated rings. The number of hydrogen-bond donors (Lipinski definition) is 0. The zero-order chi connectivity index (χ0) is 8.10. The summed E-state index contributed by atoms with van der Waals surface area (Å²) in [6, 6.07) is 0. The second kappa shape index (κ2) is 4.06. The molecule has 0 aliphatic carbocycles. The predicted molar refractivity (Wildman–Crippen MR) is 45.7 cm³/mol. The Morgan fingerprint density at radius 1 is 1.64 bits per heavy atom. The molecular weight excluding hydrogens is 158 g/mol. The van der Waals surface area contributed by atoms with E-state index < -0.39 is 0 Å². The van der Waals surface area contributed by atoms with Crippen LogP contribution in [0.4, 0.5) is 0 Å². The van der Waals surface area contributed by atoms with Crippen LogP contribution in [0.2, 0.25) is 0 Å². The van der Waals surface area contributed by atoms with Gasteiger partial charge in [0.2, 0.25) is 6.08 Å². The van der Waals surface area contributed by atoms with Gasteiger partial charge in [0, 0.05) is 0 Å². The van der Waals surface area contributed by atoms with Gasteiger partial charge in [-0.25, -0.2) is 9.79 Å². The average molecular weight is 167 g/mol.